The van der Waals surface area contributed by atoms with Gasteiger partial charge in [-0.2, -0.15) is 0 Å². The molecule has 1 aromatic carbocycles. The molecule has 86 valence electrons. The third-order valence-electron chi connectivity index (χ3n) is 2.77. The van der Waals surface area contributed by atoms with Gasteiger partial charge in [-0.15, -0.1) is 0 Å². The Kier molecular flexibility index (Phi) is 3.44. The molecule has 0 atom stereocenters. The largest absolute Gasteiger partial charge is 0.492 e. The van der Waals surface area contributed by atoms with Gasteiger partial charge in [0.25, 0.3) is 5.91 Å². The van der Waals surface area contributed by atoms with Gasteiger partial charge in [0.1, 0.15) is 5.75 Å². The third kappa shape index (κ3) is 2.18. The van der Waals surface area contributed by atoms with Crippen molar-refractivity contribution < 1.29 is 9.53 Å². The second kappa shape index (κ2) is 5.01. The number of carbonyl (C=O) groups is 1. The number of amides is 1. The molecule has 1 heterocycles. The van der Waals surface area contributed by atoms with Crippen LogP contribution in [0.15, 0.2) is 18.2 Å². The second-order valence-corrected chi connectivity index (χ2v) is 4.00. The minimum atomic E-state index is -0.0211. The van der Waals surface area contributed by atoms with Crippen molar-refractivity contribution in [2.75, 3.05) is 13.2 Å². The first-order valence-corrected chi connectivity index (χ1v) is 5.86. The number of para-hydroxylation sites is 1. The molecular weight excluding hydrogens is 202 g/mol. The summed E-state index contributed by atoms with van der Waals surface area (Å²) in [5.41, 5.74) is 1.81. The summed E-state index contributed by atoms with van der Waals surface area (Å²) in [5.74, 6) is 0.753. The van der Waals surface area contributed by atoms with E-state index in [0.29, 0.717) is 12.2 Å². The molecule has 3 nitrogen and oxygen atoms in total. The number of carbonyl (C=O) groups excluding carboxylic acids is 1. The fourth-order valence-electron chi connectivity index (χ4n) is 1.87. The Morgan fingerprint density at radius 2 is 2.38 bits per heavy atom. The topological polar surface area (TPSA) is 38.3 Å². The summed E-state index contributed by atoms with van der Waals surface area (Å²) in [6.45, 7) is 3.53. The summed E-state index contributed by atoms with van der Waals surface area (Å²) in [6, 6.07) is 5.76. The zero-order valence-corrected chi connectivity index (χ0v) is 9.58. The van der Waals surface area contributed by atoms with Gasteiger partial charge in [-0.25, -0.2) is 0 Å². The van der Waals surface area contributed by atoms with Crippen molar-refractivity contribution in [3.63, 3.8) is 0 Å². The number of unbranched alkanes of at least 4 members (excludes halogenated alkanes) is 1. The van der Waals surface area contributed by atoms with E-state index < -0.39 is 0 Å². The van der Waals surface area contributed by atoms with Gasteiger partial charge in [-0.3, -0.25) is 4.79 Å². The molecule has 0 aromatic heterocycles. The Morgan fingerprint density at radius 3 is 3.19 bits per heavy atom. The monoisotopic (exact) mass is 219 g/mol. The highest BCUT2D eigenvalue weighted by Crippen LogP contribution is 2.29. The van der Waals surface area contributed by atoms with Crippen molar-refractivity contribution >= 4 is 5.91 Å². The minimum Gasteiger partial charge on any atom is -0.492 e. The van der Waals surface area contributed by atoms with Crippen LogP contribution in [0.25, 0.3) is 0 Å². The number of fused-ring (bicyclic) bond motifs is 1. The van der Waals surface area contributed by atoms with Crippen molar-refractivity contribution in [3.8, 4) is 5.75 Å². The third-order valence-corrected chi connectivity index (χ3v) is 2.77. The van der Waals surface area contributed by atoms with E-state index in [4.69, 9.17) is 4.74 Å². The average Bonchev–Trinajstić information content (AvgIpc) is 2.76. The highest BCUT2D eigenvalue weighted by atomic mass is 16.5. The quantitative estimate of drug-likeness (QED) is 0.788. The first-order valence-electron chi connectivity index (χ1n) is 5.86. The van der Waals surface area contributed by atoms with E-state index in [0.717, 1.165) is 37.1 Å². The first kappa shape index (κ1) is 11.0. The van der Waals surface area contributed by atoms with Crippen LogP contribution < -0.4 is 10.1 Å². The lowest BCUT2D eigenvalue weighted by Gasteiger charge is -2.08. The molecule has 0 radical (unpaired) electrons. The summed E-state index contributed by atoms with van der Waals surface area (Å²) in [5, 5.41) is 2.91. The Morgan fingerprint density at radius 1 is 1.50 bits per heavy atom. The summed E-state index contributed by atoms with van der Waals surface area (Å²) in [4.78, 5) is 11.9. The maximum absolute atomic E-state index is 11.9. The number of hydrogen-bond donors (Lipinski definition) is 1. The molecule has 0 spiro atoms. The molecule has 0 saturated heterocycles. The second-order valence-electron chi connectivity index (χ2n) is 4.00. The number of nitrogens with one attached hydrogen (secondary N) is 1. The van der Waals surface area contributed by atoms with Crippen molar-refractivity contribution in [3.05, 3.63) is 29.3 Å². The summed E-state index contributed by atoms with van der Waals surface area (Å²) in [6.07, 6.45) is 3.01. The number of hydrogen-bond acceptors (Lipinski definition) is 2. The van der Waals surface area contributed by atoms with Crippen LogP contribution in [-0.2, 0) is 6.42 Å². The van der Waals surface area contributed by atoms with Crippen LogP contribution >= 0.6 is 0 Å². The summed E-state index contributed by atoms with van der Waals surface area (Å²) < 4.78 is 5.50. The van der Waals surface area contributed by atoms with Crippen LogP contribution in [-0.4, -0.2) is 19.1 Å². The molecule has 0 saturated carbocycles. The van der Waals surface area contributed by atoms with E-state index in [1.54, 1.807) is 0 Å². The SMILES string of the molecule is CCCCNC(=O)c1cccc2c1OCC2. The Hall–Kier alpha value is -1.51. The lowest BCUT2D eigenvalue weighted by molar-refractivity contribution is 0.0950. The fourth-order valence-corrected chi connectivity index (χ4v) is 1.87. The Labute approximate surface area is 95.8 Å². The lowest BCUT2D eigenvalue weighted by Crippen LogP contribution is -2.24. The van der Waals surface area contributed by atoms with Crippen molar-refractivity contribution in [1.82, 2.24) is 5.32 Å². The Balaban J connectivity index is 2.09. The highest BCUT2D eigenvalue weighted by molar-refractivity contribution is 5.97. The van der Waals surface area contributed by atoms with E-state index >= 15 is 0 Å². The van der Waals surface area contributed by atoms with Gasteiger partial charge < -0.3 is 10.1 Å². The molecule has 0 fully saturated rings. The van der Waals surface area contributed by atoms with E-state index in [1.807, 2.05) is 18.2 Å². The maximum Gasteiger partial charge on any atom is 0.255 e. The van der Waals surface area contributed by atoms with Gasteiger partial charge >= 0.3 is 0 Å². The molecule has 0 bridgehead atoms. The maximum atomic E-state index is 11.9. The predicted molar refractivity (Wildman–Crippen MR) is 62.9 cm³/mol. The smallest absolute Gasteiger partial charge is 0.255 e. The fraction of sp³-hybridized carbons (Fsp3) is 0.462. The van der Waals surface area contributed by atoms with Crippen LogP contribution in [0.1, 0.15) is 35.7 Å². The van der Waals surface area contributed by atoms with E-state index in [1.165, 1.54) is 0 Å². The van der Waals surface area contributed by atoms with E-state index in [2.05, 4.69) is 12.2 Å². The van der Waals surface area contributed by atoms with Crippen molar-refractivity contribution in [2.24, 2.45) is 0 Å². The molecule has 1 aliphatic heterocycles. The van der Waals surface area contributed by atoms with Gasteiger partial charge in [-0.1, -0.05) is 25.5 Å². The van der Waals surface area contributed by atoms with Crippen LogP contribution in [0.4, 0.5) is 0 Å². The zero-order chi connectivity index (χ0) is 11.4. The average molecular weight is 219 g/mol. The normalized spacial score (nSPS) is 13.1. The molecular formula is C13H17NO2. The van der Waals surface area contributed by atoms with Gasteiger partial charge in [0.2, 0.25) is 0 Å². The van der Waals surface area contributed by atoms with Crippen LogP contribution in [0.5, 0.6) is 5.75 Å². The highest BCUT2D eigenvalue weighted by Gasteiger charge is 2.19. The molecule has 0 aliphatic carbocycles. The van der Waals surface area contributed by atoms with Crippen LogP contribution in [0.3, 0.4) is 0 Å². The number of ether oxygens (including phenoxy) is 1. The minimum absolute atomic E-state index is 0.0211. The van der Waals surface area contributed by atoms with Gasteiger partial charge in [0.15, 0.2) is 0 Å². The summed E-state index contributed by atoms with van der Waals surface area (Å²) in [7, 11) is 0. The van der Waals surface area contributed by atoms with E-state index in [-0.39, 0.29) is 5.91 Å². The number of rotatable bonds is 4. The molecule has 3 heteroatoms. The molecule has 16 heavy (non-hydrogen) atoms. The summed E-state index contributed by atoms with van der Waals surface area (Å²) >= 11 is 0. The molecule has 1 aliphatic rings. The van der Waals surface area contributed by atoms with E-state index in [9.17, 15) is 4.79 Å². The lowest BCUT2D eigenvalue weighted by atomic mass is 10.1. The van der Waals surface area contributed by atoms with Gasteiger partial charge in [0.05, 0.1) is 12.2 Å². The molecule has 1 amide bonds. The Bertz CT molecular complexity index is 388. The van der Waals surface area contributed by atoms with Crippen LogP contribution in [0.2, 0.25) is 0 Å². The zero-order valence-electron chi connectivity index (χ0n) is 9.58. The van der Waals surface area contributed by atoms with Crippen molar-refractivity contribution in [2.45, 2.75) is 26.2 Å². The molecule has 0 unspecified atom stereocenters. The van der Waals surface area contributed by atoms with Gasteiger partial charge in [0, 0.05) is 13.0 Å². The molecule has 2 rings (SSSR count). The predicted octanol–water partition coefficient (Wildman–Crippen LogP) is 2.15. The van der Waals surface area contributed by atoms with Gasteiger partial charge in [-0.05, 0) is 18.1 Å². The first-order chi connectivity index (χ1) is 7.83. The van der Waals surface area contributed by atoms with Crippen LogP contribution in [0, 0.1) is 0 Å². The molecule has 1 aromatic rings. The molecule has 1 N–H and O–H groups in total. The number of benzene rings is 1. The standard InChI is InChI=1S/C13H17NO2/c1-2-3-8-14-13(15)11-6-4-5-10-7-9-16-12(10)11/h4-6H,2-3,7-9H2,1H3,(H,14,15). The van der Waals surface area contributed by atoms with Crippen molar-refractivity contribution in [1.29, 1.82) is 0 Å².